The van der Waals surface area contributed by atoms with Gasteiger partial charge >= 0.3 is 0 Å². The molecular formula is C21H17ClFNO3. The summed E-state index contributed by atoms with van der Waals surface area (Å²) in [7, 11) is 1.50. The van der Waals surface area contributed by atoms with Crippen LogP contribution in [0.5, 0.6) is 11.5 Å². The Balaban J connectivity index is 1.71. The van der Waals surface area contributed by atoms with Gasteiger partial charge in [0.15, 0.2) is 11.5 Å². The minimum atomic E-state index is -0.420. The number of amides is 1. The fraction of sp³-hybridized carbons (Fsp3) is 0.0952. The zero-order chi connectivity index (χ0) is 19.2. The van der Waals surface area contributed by atoms with Crippen molar-refractivity contribution in [3.63, 3.8) is 0 Å². The van der Waals surface area contributed by atoms with Gasteiger partial charge in [0.05, 0.1) is 7.11 Å². The second-order valence-electron chi connectivity index (χ2n) is 5.75. The van der Waals surface area contributed by atoms with Crippen LogP contribution in [0.3, 0.4) is 0 Å². The monoisotopic (exact) mass is 385 g/mol. The molecule has 0 aliphatic rings. The minimum absolute atomic E-state index is 0.336. The summed E-state index contributed by atoms with van der Waals surface area (Å²) in [4.78, 5) is 12.4. The van der Waals surface area contributed by atoms with Gasteiger partial charge in [-0.15, -0.1) is 0 Å². The van der Waals surface area contributed by atoms with E-state index in [9.17, 15) is 9.18 Å². The van der Waals surface area contributed by atoms with E-state index in [0.29, 0.717) is 34.4 Å². The summed E-state index contributed by atoms with van der Waals surface area (Å²) in [6.45, 7) is 0.336. The van der Waals surface area contributed by atoms with Crippen molar-refractivity contribution in [1.29, 1.82) is 0 Å². The molecule has 3 aromatic rings. The van der Waals surface area contributed by atoms with Gasteiger partial charge in [0.2, 0.25) is 0 Å². The number of methoxy groups -OCH3 is 1. The molecule has 1 amide bonds. The lowest BCUT2D eigenvalue weighted by Crippen LogP contribution is -2.12. The molecule has 138 valence electrons. The zero-order valence-electron chi connectivity index (χ0n) is 14.5. The maximum Gasteiger partial charge on any atom is 0.255 e. The first-order valence-electron chi connectivity index (χ1n) is 8.17. The van der Waals surface area contributed by atoms with Crippen molar-refractivity contribution >= 4 is 23.2 Å². The summed E-state index contributed by atoms with van der Waals surface area (Å²) in [5.41, 5.74) is 1.70. The number of rotatable bonds is 6. The number of anilines is 1. The second kappa shape index (κ2) is 8.56. The predicted octanol–water partition coefficient (Wildman–Crippen LogP) is 5.32. The molecule has 0 saturated heterocycles. The summed E-state index contributed by atoms with van der Waals surface area (Å²) in [5, 5.41) is 3.30. The minimum Gasteiger partial charge on any atom is -0.493 e. The van der Waals surface area contributed by atoms with Crippen LogP contribution in [0.25, 0.3) is 0 Å². The van der Waals surface area contributed by atoms with Crippen molar-refractivity contribution in [2.75, 3.05) is 12.4 Å². The number of carbonyl (C=O) groups is 1. The van der Waals surface area contributed by atoms with E-state index >= 15 is 0 Å². The highest BCUT2D eigenvalue weighted by Gasteiger charge is 2.12. The Bertz CT molecular complexity index is 944. The average Bonchev–Trinajstić information content (AvgIpc) is 2.67. The molecule has 3 aromatic carbocycles. The van der Waals surface area contributed by atoms with Crippen molar-refractivity contribution in [3.05, 3.63) is 88.7 Å². The molecule has 0 aliphatic heterocycles. The molecule has 0 unspecified atom stereocenters. The van der Waals surface area contributed by atoms with Crippen LogP contribution in [-0.2, 0) is 6.61 Å². The van der Waals surface area contributed by atoms with Gasteiger partial charge in [0.1, 0.15) is 12.4 Å². The van der Waals surface area contributed by atoms with Crippen molar-refractivity contribution in [3.8, 4) is 11.5 Å². The van der Waals surface area contributed by atoms with Crippen LogP contribution in [0.15, 0.2) is 66.7 Å². The Morgan fingerprint density at radius 2 is 1.81 bits per heavy atom. The molecule has 0 heterocycles. The number of halogens is 2. The van der Waals surface area contributed by atoms with Gasteiger partial charge in [0.25, 0.3) is 5.91 Å². The lowest BCUT2D eigenvalue weighted by Gasteiger charge is -2.12. The number of nitrogens with one attached hydrogen (secondary N) is 1. The number of hydrogen-bond donors (Lipinski definition) is 1. The third-order valence-electron chi connectivity index (χ3n) is 3.82. The highest BCUT2D eigenvalue weighted by Crippen LogP contribution is 2.29. The lowest BCUT2D eigenvalue weighted by atomic mass is 10.1. The molecule has 0 radical (unpaired) electrons. The Labute approximate surface area is 161 Å². The van der Waals surface area contributed by atoms with E-state index in [-0.39, 0.29) is 5.91 Å². The summed E-state index contributed by atoms with van der Waals surface area (Å²) in [5.74, 6) is 0.144. The third kappa shape index (κ3) is 4.99. The number of benzene rings is 3. The van der Waals surface area contributed by atoms with E-state index in [1.54, 1.807) is 36.4 Å². The fourth-order valence-corrected chi connectivity index (χ4v) is 2.57. The molecular weight excluding hydrogens is 369 g/mol. The van der Waals surface area contributed by atoms with E-state index in [1.807, 2.05) is 12.1 Å². The lowest BCUT2D eigenvalue weighted by molar-refractivity contribution is 0.102. The molecule has 3 rings (SSSR count). The Morgan fingerprint density at radius 1 is 1.04 bits per heavy atom. The van der Waals surface area contributed by atoms with Crippen molar-refractivity contribution < 1.29 is 18.7 Å². The highest BCUT2D eigenvalue weighted by molar-refractivity contribution is 6.30. The molecule has 6 heteroatoms. The summed E-state index contributed by atoms with van der Waals surface area (Å²) in [6.07, 6.45) is 0. The van der Waals surface area contributed by atoms with Gasteiger partial charge in [-0.25, -0.2) is 4.39 Å². The predicted molar refractivity (Wildman–Crippen MR) is 103 cm³/mol. The third-order valence-corrected chi connectivity index (χ3v) is 4.07. The maximum absolute atomic E-state index is 13.2. The van der Waals surface area contributed by atoms with Crippen LogP contribution in [-0.4, -0.2) is 13.0 Å². The van der Waals surface area contributed by atoms with Gasteiger partial charge < -0.3 is 14.8 Å². The molecule has 0 fully saturated rings. The average molecular weight is 386 g/mol. The first-order chi connectivity index (χ1) is 13.0. The molecule has 0 spiro atoms. The Kier molecular flexibility index (Phi) is 5.94. The largest absolute Gasteiger partial charge is 0.493 e. The van der Waals surface area contributed by atoms with Crippen molar-refractivity contribution in [2.24, 2.45) is 0 Å². The first-order valence-corrected chi connectivity index (χ1v) is 8.55. The maximum atomic E-state index is 13.2. The summed E-state index contributed by atoms with van der Waals surface area (Å²) >= 11 is 5.87. The van der Waals surface area contributed by atoms with Gasteiger partial charge in [-0.3, -0.25) is 4.79 Å². The molecule has 1 N–H and O–H groups in total. The molecule has 0 saturated carbocycles. The Hall–Kier alpha value is -3.05. The van der Waals surface area contributed by atoms with E-state index in [2.05, 4.69) is 5.32 Å². The smallest absolute Gasteiger partial charge is 0.255 e. The van der Waals surface area contributed by atoms with E-state index < -0.39 is 5.82 Å². The summed E-state index contributed by atoms with van der Waals surface area (Å²) in [6, 6.07) is 17.9. The molecule has 4 nitrogen and oxygen atoms in total. The van der Waals surface area contributed by atoms with E-state index in [0.717, 1.165) is 5.56 Å². The second-order valence-corrected chi connectivity index (χ2v) is 6.18. The quantitative estimate of drug-likeness (QED) is 0.624. The molecule has 27 heavy (non-hydrogen) atoms. The van der Waals surface area contributed by atoms with Crippen molar-refractivity contribution in [2.45, 2.75) is 6.61 Å². The molecule has 0 aromatic heterocycles. The number of ether oxygens (including phenoxy) is 2. The molecule has 0 atom stereocenters. The van der Waals surface area contributed by atoms with Crippen LogP contribution in [0.1, 0.15) is 15.9 Å². The van der Waals surface area contributed by atoms with Gasteiger partial charge in [-0.05, 0) is 54.1 Å². The zero-order valence-corrected chi connectivity index (χ0v) is 15.3. The first kappa shape index (κ1) is 18.7. The van der Waals surface area contributed by atoms with Crippen LogP contribution in [0, 0.1) is 5.82 Å². The van der Waals surface area contributed by atoms with Crippen LogP contribution in [0.4, 0.5) is 10.1 Å². The number of carbonyl (C=O) groups excluding carboxylic acids is 1. The Morgan fingerprint density at radius 3 is 2.52 bits per heavy atom. The van der Waals surface area contributed by atoms with E-state index in [4.69, 9.17) is 21.1 Å². The van der Waals surface area contributed by atoms with Gasteiger partial charge in [0, 0.05) is 16.3 Å². The molecule has 0 bridgehead atoms. The van der Waals surface area contributed by atoms with Gasteiger partial charge in [-0.1, -0.05) is 29.8 Å². The number of hydrogen-bond acceptors (Lipinski definition) is 3. The van der Waals surface area contributed by atoms with Crippen LogP contribution >= 0.6 is 11.6 Å². The van der Waals surface area contributed by atoms with Crippen LogP contribution in [0.2, 0.25) is 5.02 Å². The SMILES string of the molecule is COc1cc(C(=O)Nc2cccc(F)c2)ccc1OCc1ccc(Cl)cc1. The van der Waals surface area contributed by atoms with Crippen LogP contribution < -0.4 is 14.8 Å². The summed E-state index contributed by atoms with van der Waals surface area (Å²) < 4.78 is 24.3. The standard InChI is InChI=1S/C21H17ClFNO3/c1-26-20-11-15(21(25)24-18-4-2-3-17(23)12-18)7-10-19(20)27-13-14-5-8-16(22)9-6-14/h2-12H,13H2,1H3,(H,24,25). The van der Waals surface area contributed by atoms with Crippen molar-refractivity contribution in [1.82, 2.24) is 0 Å². The normalized spacial score (nSPS) is 10.3. The topological polar surface area (TPSA) is 47.6 Å². The van der Waals surface area contributed by atoms with E-state index in [1.165, 1.54) is 25.3 Å². The van der Waals surface area contributed by atoms with Gasteiger partial charge in [-0.2, -0.15) is 0 Å². The fourth-order valence-electron chi connectivity index (χ4n) is 2.44. The highest BCUT2D eigenvalue weighted by atomic mass is 35.5. The molecule has 0 aliphatic carbocycles.